The van der Waals surface area contributed by atoms with Gasteiger partial charge in [0.15, 0.2) is 6.04 Å². The van der Waals surface area contributed by atoms with E-state index in [2.05, 4.69) is 0 Å². The summed E-state index contributed by atoms with van der Waals surface area (Å²) in [6.07, 6.45) is -0.345. The van der Waals surface area contributed by atoms with Crippen LogP contribution < -0.4 is 9.64 Å². The number of carboxylic acid groups (broad SMARTS) is 1. The van der Waals surface area contributed by atoms with Gasteiger partial charge in [-0.15, -0.1) is 0 Å². The lowest BCUT2D eigenvalue weighted by Crippen LogP contribution is -2.51. The lowest BCUT2D eigenvalue weighted by atomic mass is 10.1. The summed E-state index contributed by atoms with van der Waals surface area (Å²) in [5.41, 5.74) is 0.822. The minimum Gasteiger partial charge on any atom is -0.486 e. The molecule has 0 spiro atoms. The molecule has 0 saturated heterocycles. The third-order valence-electron chi connectivity index (χ3n) is 2.67. The van der Waals surface area contributed by atoms with Crippen molar-refractivity contribution in [1.82, 2.24) is 0 Å². The maximum Gasteiger partial charge on any atom is 0.330 e. The van der Waals surface area contributed by atoms with Gasteiger partial charge >= 0.3 is 5.97 Å². The van der Waals surface area contributed by atoms with Crippen LogP contribution in [0.25, 0.3) is 0 Å². The van der Waals surface area contributed by atoms with Crippen LogP contribution >= 0.6 is 0 Å². The number of hydrogen-bond acceptors (Lipinski definition) is 3. The first kappa shape index (κ1) is 9.83. The molecule has 0 fully saturated rings. The highest BCUT2D eigenvalue weighted by molar-refractivity contribution is 5.81. The van der Waals surface area contributed by atoms with Gasteiger partial charge in [-0.05, 0) is 19.1 Å². The van der Waals surface area contributed by atoms with E-state index in [-0.39, 0.29) is 6.10 Å². The first-order valence-corrected chi connectivity index (χ1v) is 4.82. The van der Waals surface area contributed by atoms with Crippen LogP contribution in [0.15, 0.2) is 24.3 Å². The van der Waals surface area contributed by atoms with Gasteiger partial charge in [-0.1, -0.05) is 12.1 Å². The van der Waals surface area contributed by atoms with Crippen molar-refractivity contribution in [2.45, 2.75) is 19.1 Å². The fraction of sp³-hybridized carbons (Fsp3) is 0.364. The zero-order valence-electron chi connectivity index (χ0n) is 8.68. The van der Waals surface area contributed by atoms with Crippen molar-refractivity contribution in [3.63, 3.8) is 0 Å². The topological polar surface area (TPSA) is 49.8 Å². The van der Waals surface area contributed by atoms with E-state index in [0.717, 1.165) is 11.4 Å². The van der Waals surface area contributed by atoms with Crippen LogP contribution in [-0.4, -0.2) is 30.3 Å². The number of ether oxygens (including phenoxy) is 1. The molecule has 1 heterocycles. The molecule has 2 atom stereocenters. The van der Waals surface area contributed by atoms with Crippen LogP contribution in [0.5, 0.6) is 5.75 Å². The Morgan fingerprint density at radius 2 is 2.13 bits per heavy atom. The third kappa shape index (κ3) is 1.52. The molecule has 1 N–H and O–H groups in total. The molecular weight excluding hydrogens is 194 g/mol. The van der Waals surface area contributed by atoms with Crippen molar-refractivity contribution in [2.75, 3.05) is 11.9 Å². The molecule has 1 aliphatic rings. The highest BCUT2D eigenvalue weighted by atomic mass is 16.5. The maximum absolute atomic E-state index is 11.1. The number of anilines is 1. The van der Waals surface area contributed by atoms with Gasteiger partial charge in [0.05, 0.1) is 5.69 Å². The van der Waals surface area contributed by atoms with E-state index in [1.54, 1.807) is 18.9 Å². The molecule has 15 heavy (non-hydrogen) atoms. The largest absolute Gasteiger partial charge is 0.486 e. The fourth-order valence-electron chi connectivity index (χ4n) is 1.94. The second-order valence-corrected chi connectivity index (χ2v) is 3.68. The molecule has 1 aromatic carbocycles. The number of carboxylic acids is 1. The summed E-state index contributed by atoms with van der Waals surface area (Å²) in [6.45, 7) is 1.77. The number of rotatable bonds is 1. The van der Waals surface area contributed by atoms with Gasteiger partial charge in [0.1, 0.15) is 11.9 Å². The lowest BCUT2D eigenvalue weighted by Gasteiger charge is -2.37. The van der Waals surface area contributed by atoms with Crippen molar-refractivity contribution in [3.05, 3.63) is 24.3 Å². The Labute approximate surface area is 88.1 Å². The molecular formula is C11H13NO3. The molecule has 1 aliphatic heterocycles. The van der Waals surface area contributed by atoms with E-state index < -0.39 is 12.0 Å². The van der Waals surface area contributed by atoms with Gasteiger partial charge in [-0.2, -0.15) is 0 Å². The summed E-state index contributed by atoms with van der Waals surface area (Å²) in [5.74, 6) is -0.121. The smallest absolute Gasteiger partial charge is 0.330 e. The molecule has 0 aromatic heterocycles. The summed E-state index contributed by atoms with van der Waals surface area (Å²) < 4.78 is 5.55. The van der Waals surface area contributed by atoms with E-state index >= 15 is 0 Å². The van der Waals surface area contributed by atoms with E-state index in [1.165, 1.54) is 0 Å². The van der Waals surface area contributed by atoms with Crippen LogP contribution in [0.1, 0.15) is 6.92 Å². The predicted molar refractivity (Wildman–Crippen MR) is 56.4 cm³/mol. The quantitative estimate of drug-likeness (QED) is 0.755. The highest BCUT2D eigenvalue weighted by Crippen LogP contribution is 2.34. The summed E-state index contributed by atoms with van der Waals surface area (Å²) in [7, 11) is 1.77. The first-order chi connectivity index (χ1) is 7.11. The van der Waals surface area contributed by atoms with Gasteiger partial charge in [0, 0.05) is 7.05 Å². The van der Waals surface area contributed by atoms with Crippen molar-refractivity contribution in [3.8, 4) is 5.75 Å². The van der Waals surface area contributed by atoms with Crippen LogP contribution in [0.3, 0.4) is 0 Å². The van der Waals surface area contributed by atoms with Gasteiger partial charge in [0.2, 0.25) is 0 Å². The molecule has 4 nitrogen and oxygen atoms in total. The molecule has 0 amide bonds. The average Bonchev–Trinajstić information content (AvgIpc) is 2.17. The Morgan fingerprint density at radius 3 is 2.80 bits per heavy atom. The Hall–Kier alpha value is -1.71. The van der Waals surface area contributed by atoms with Crippen molar-refractivity contribution in [2.24, 2.45) is 0 Å². The monoisotopic (exact) mass is 207 g/mol. The lowest BCUT2D eigenvalue weighted by molar-refractivity contribution is -0.140. The summed E-state index contributed by atoms with van der Waals surface area (Å²) in [4.78, 5) is 12.8. The molecule has 0 bridgehead atoms. The summed E-state index contributed by atoms with van der Waals surface area (Å²) in [6, 6.07) is 6.82. The molecule has 0 radical (unpaired) electrons. The van der Waals surface area contributed by atoms with Crippen LogP contribution in [0, 0.1) is 0 Å². The molecule has 80 valence electrons. The Kier molecular flexibility index (Phi) is 2.26. The minimum atomic E-state index is -0.862. The molecule has 2 rings (SSSR count). The Bertz CT molecular complexity index is 391. The van der Waals surface area contributed by atoms with Crippen LogP contribution in [0.4, 0.5) is 5.69 Å². The molecule has 0 aliphatic carbocycles. The number of nitrogens with zero attached hydrogens (tertiary/aromatic N) is 1. The number of carbonyl (C=O) groups is 1. The van der Waals surface area contributed by atoms with E-state index in [0.29, 0.717) is 0 Å². The van der Waals surface area contributed by atoms with Crippen molar-refractivity contribution in [1.29, 1.82) is 0 Å². The molecule has 4 heteroatoms. The second-order valence-electron chi connectivity index (χ2n) is 3.68. The normalized spacial score (nSPS) is 24.3. The van der Waals surface area contributed by atoms with Crippen molar-refractivity contribution >= 4 is 11.7 Å². The average molecular weight is 207 g/mol. The van der Waals surface area contributed by atoms with Crippen LogP contribution in [0.2, 0.25) is 0 Å². The van der Waals surface area contributed by atoms with E-state index in [1.807, 2.05) is 24.3 Å². The third-order valence-corrected chi connectivity index (χ3v) is 2.67. The second kappa shape index (κ2) is 3.46. The number of likely N-dealkylation sites (N-methyl/N-ethyl adjacent to an activating group) is 1. The predicted octanol–water partition coefficient (Wildman–Crippen LogP) is 1.36. The molecule has 1 aromatic rings. The number of aliphatic carboxylic acids is 1. The van der Waals surface area contributed by atoms with E-state index in [4.69, 9.17) is 9.84 Å². The van der Waals surface area contributed by atoms with Gasteiger partial charge in [0.25, 0.3) is 0 Å². The van der Waals surface area contributed by atoms with Gasteiger partial charge in [-0.3, -0.25) is 0 Å². The minimum absolute atomic E-state index is 0.345. The summed E-state index contributed by atoms with van der Waals surface area (Å²) in [5, 5.41) is 9.08. The van der Waals surface area contributed by atoms with Gasteiger partial charge in [-0.25, -0.2) is 4.79 Å². The standard InChI is InChI=1S/C11H13NO3/c1-7-10(11(13)14)12(2)8-5-3-4-6-9(8)15-7/h3-7,10H,1-2H3,(H,13,14). The molecule has 2 unspecified atom stereocenters. The number of benzene rings is 1. The Morgan fingerprint density at radius 1 is 1.47 bits per heavy atom. The van der Waals surface area contributed by atoms with E-state index in [9.17, 15) is 4.79 Å². The molecule has 0 saturated carbocycles. The summed E-state index contributed by atoms with van der Waals surface area (Å²) >= 11 is 0. The zero-order valence-corrected chi connectivity index (χ0v) is 8.68. The number of hydrogen-bond donors (Lipinski definition) is 1. The maximum atomic E-state index is 11.1. The highest BCUT2D eigenvalue weighted by Gasteiger charge is 2.35. The Balaban J connectivity index is 2.42. The fourth-order valence-corrected chi connectivity index (χ4v) is 1.94. The first-order valence-electron chi connectivity index (χ1n) is 4.82. The zero-order chi connectivity index (χ0) is 11.0. The van der Waals surface area contributed by atoms with Gasteiger partial charge < -0.3 is 14.7 Å². The number of para-hydroxylation sites is 2. The number of fused-ring (bicyclic) bond motifs is 1. The van der Waals surface area contributed by atoms with Crippen molar-refractivity contribution < 1.29 is 14.6 Å². The van der Waals surface area contributed by atoms with Crippen LogP contribution in [-0.2, 0) is 4.79 Å². The SMILES string of the molecule is CC1Oc2ccccc2N(C)C1C(=O)O.